The van der Waals surface area contributed by atoms with E-state index in [9.17, 15) is 9.59 Å². The van der Waals surface area contributed by atoms with Crippen molar-refractivity contribution >= 4 is 17.6 Å². The highest BCUT2D eigenvalue weighted by atomic mass is 16.4. The Balaban J connectivity index is 1.59. The van der Waals surface area contributed by atoms with Crippen molar-refractivity contribution in [3.63, 3.8) is 0 Å². The zero-order valence-electron chi connectivity index (χ0n) is 14.8. The molecule has 3 N–H and O–H groups in total. The van der Waals surface area contributed by atoms with Crippen LogP contribution in [0.4, 0.5) is 5.69 Å². The highest BCUT2D eigenvalue weighted by Gasteiger charge is 2.38. The monoisotopic (exact) mass is 363 g/mol. The van der Waals surface area contributed by atoms with E-state index in [1.54, 1.807) is 6.07 Å². The maximum atomic E-state index is 12.3. The normalized spacial score (nSPS) is 22.4. The number of hydrogen-bond donors (Lipinski definition) is 3. The van der Waals surface area contributed by atoms with Crippen molar-refractivity contribution in [1.82, 2.24) is 10.3 Å². The van der Waals surface area contributed by atoms with Gasteiger partial charge in [-0.15, -0.1) is 0 Å². The summed E-state index contributed by atoms with van der Waals surface area (Å²) < 4.78 is 0. The number of nitrogens with one attached hydrogen (secondary N) is 2. The van der Waals surface area contributed by atoms with Gasteiger partial charge in [0, 0.05) is 29.9 Å². The molecule has 1 aromatic heterocycles. The molecule has 1 amide bonds. The van der Waals surface area contributed by atoms with Crippen LogP contribution in [0.2, 0.25) is 0 Å². The summed E-state index contributed by atoms with van der Waals surface area (Å²) in [7, 11) is 0. The molecular formula is C21H21N3O3. The molecule has 2 heterocycles. The number of aromatic nitrogens is 1. The summed E-state index contributed by atoms with van der Waals surface area (Å²) in [6.07, 6.45) is 7.10. The molecule has 27 heavy (non-hydrogen) atoms. The Bertz CT molecular complexity index is 895. The van der Waals surface area contributed by atoms with Gasteiger partial charge in [0.15, 0.2) is 0 Å². The largest absolute Gasteiger partial charge is 0.481 e. The first kappa shape index (κ1) is 17.3. The van der Waals surface area contributed by atoms with E-state index < -0.39 is 5.97 Å². The predicted octanol–water partition coefficient (Wildman–Crippen LogP) is 3.11. The fourth-order valence-corrected chi connectivity index (χ4v) is 3.97. The van der Waals surface area contributed by atoms with Crippen LogP contribution in [0.25, 0.3) is 0 Å². The molecule has 0 spiro atoms. The van der Waals surface area contributed by atoms with E-state index in [-0.39, 0.29) is 30.8 Å². The average molecular weight is 363 g/mol. The Morgan fingerprint density at radius 3 is 2.93 bits per heavy atom. The molecule has 6 nitrogen and oxygen atoms in total. The molecular weight excluding hydrogens is 342 g/mol. The molecule has 0 bridgehead atoms. The summed E-state index contributed by atoms with van der Waals surface area (Å²) in [4.78, 5) is 27.5. The first-order valence-corrected chi connectivity index (χ1v) is 9.11. The first-order chi connectivity index (χ1) is 13.1. The Morgan fingerprint density at radius 1 is 1.26 bits per heavy atom. The molecule has 0 unspecified atom stereocenters. The minimum Gasteiger partial charge on any atom is -0.481 e. The Morgan fingerprint density at radius 2 is 2.15 bits per heavy atom. The summed E-state index contributed by atoms with van der Waals surface area (Å²) in [6, 6.07) is 11.7. The second-order valence-corrected chi connectivity index (χ2v) is 6.93. The van der Waals surface area contributed by atoms with Crippen LogP contribution in [0.5, 0.6) is 0 Å². The molecule has 3 atom stereocenters. The van der Waals surface area contributed by atoms with Crippen molar-refractivity contribution in [2.45, 2.75) is 24.8 Å². The minimum atomic E-state index is -0.926. The number of benzene rings is 1. The molecule has 0 fully saturated rings. The van der Waals surface area contributed by atoms with Gasteiger partial charge in [-0.1, -0.05) is 18.2 Å². The smallest absolute Gasteiger partial charge is 0.305 e. The lowest BCUT2D eigenvalue weighted by Gasteiger charge is -2.37. The van der Waals surface area contributed by atoms with Crippen LogP contribution in [0, 0.1) is 5.92 Å². The summed E-state index contributed by atoms with van der Waals surface area (Å²) in [6.45, 7) is 0.122. The molecule has 2 aromatic rings. The van der Waals surface area contributed by atoms with Crippen LogP contribution in [-0.4, -0.2) is 28.5 Å². The third kappa shape index (κ3) is 3.43. The number of anilines is 1. The third-order valence-corrected chi connectivity index (χ3v) is 5.26. The molecule has 2 aliphatic rings. The zero-order chi connectivity index (χ0) is 18.8. The van der Waals surface area contributed by atoms with Gasteiger partial charge in [-0.25, -0.2) is 0 Å². The number of pyridine rings is 1. The third-order valence-electron chi connectivity index (χ3n) is 5.26. The minimum absolute atomic E-state index is 0.0859. The molecule has 1 aliphatic carbocycles. The molecule has 0 radical (unpaired) electrons. The summed E-state index contributed by atoms with van der Waals surface area (Å²) in [5.74, 6) is -0.577. The van der Waals surface area contributed by atoms with Gasteiger partial charge in [0.25, 0.3) is 5.91 Å². The summed E-state index contributed by atoms with van der Waals surface area (Å²) in [5.41, 5.74) is 3.70. The van der Waals surface area contributed by atoms with E-state index in [0.717, 1.165) is 23.4 Å². The number of fused-ring (bicyclic) bond motifs is 3. The number of aliphatic carboxylic acids is 1. The highest BCUT2D eigenvalue weighted by molar-refractivity contribution is 5.95. The maximum absolute atomic E-state index is 12.3. The number of rotatable bonds is 5. The van der Waals surface area contributed by atoms with Gasteiger partial charge in [0.1, 0.15) is 0 Å². The van der Waals surface area contributed by atoms with Crippen LogP contribution >= 0.6 is 0 Å². The van der Waals surface area contributed by atoms with Crippen LogP contribution in [0.1, 0.15) is 46.4 Å². The van der Waals surface area contributed by atoms with Crippen LogP contribution in [0.15, 0.2) is 54.7 Å². The van der Waals surface area contributed by atoms with Crippen molar-refractivity contribution < 1.29 is 14.7 Å². The van der Waals surface area contributed by atoms with E-state index in [1.807, 2.05) is 36.5 Å². The second kappa shape index (κ2) is 7.23. The van der Waals surface area contributed by atoms with Crippen molar-refractivity contribution in [2.24, 2.45) is 5.92 Å². The number of nitrogens with zero attached hydrogens (tertiary/aromatic N) is 1. The number of carboxylic acid groups (broad SMARTS) is 1. The van der Waals surface area contributed by atoms with Gasteiger partial charge < -0.3 is 15.7 Å². The van der Waals surface area contributed by atoms with Gasteiger partial charge in [0.2, 0.25) is 0 Å². The van der Waals surface area contributed by atoms with Gasteiger partial charge in [-0.05, 0) is 48.2 Å². The maximum Gasteiger partial charge on any atom is 0.305 e. The average Bonchev–Trinajstić information content (AvgIpc) is 3.17. The topological polar surface area (TPSA) is 91.3 Å². The number of hydrogen-bond acceptors (Lipinski definition) is 4. The molecule has 0 saturated heterocycles. The highest BCUT2D eigenvalue weighted by Crippen LogP contribution is 2.49. The van der Waals surface area contributed by atoms with E-state index in [4.69, 9.17) is 5.11 Å². The molecule has 1 aliphatic heterocycles. The van der Waals surface area contributed by atoms with Gasteiger partial charge in [-0.3, -0.25) is 14.6 Å². The number of allylic oxidation sites excluding steroid dienone is 2. The number of amides is 1. The lowest BCUT2D eigenvalue weighted by Crippen LogP contribution is -2.30. The fourth-order valence-electron chi connectivity index (χ4n) is 3.97. The lowest BCUT2D eigenvalue weighted by molar-refractivity contribution is -0.136. The molecule has 4 rings (SSSR count). The van der Waals surface area contributed by atoms with Crippen LogP contribution in [-0.2, 0) is 4.79 Å². The first-order valence-electron chi connectivity index (χ1n) is 9.11. The van der Waals surface area contributed by atoms with E-state index in [0.29, 0.717) is 11.5 Å². The Kier molecular flexibility index (Phi) is 4.62. The van der Waals surface area contributed by atoms with Crippen LogP contribution in [0.3, 0.4) is 0 Å². The van der Waals surface area contributed by atoms with Crippen molar-refractivity contribution in [3.8, 4) is 0 Å². The van der Waals surface area contributed by atoms with E-state index in [1.165, 1.54) is 0 Å². The SMILES string of the molecule is O=C(O)CCNC(=O)c1ccc2c(c1)[C@H]1C=CC[C@H]1[C@@H](c1ccccn1)N2. The Hall–Kier alpha value is -3.15. The molecule has 6 heteroatoms. The number of carbonyl (C=O) groups excluding carboxylic acids is 1. The van der Waals surface area contributed by atoms with Gasteiger partial charge in [-0.2, -0.15) is 0 Å². The lowest BCUT2D eigenvalue weighted by atomic mass is 9.77. The summed E-state index contributed by atoms with van der Waals surface area (Å²) in [5, 5.41) is 15.0. The van der Waals surface area contributed by atoms with Crippen molar-refractivity contribution in [2.75, 3.05) is 11.9 Å². The molecule has 0 saturated carbocycles. The second-order valence-electron chi connectivity index (χ2n) is 6.93. The zero-order valence-corrected chi connectivity index (χ0v) is 14.8. The Labute approximate surface area is 157 Å². The quantitative estimate of drug-likeness (QED) is 0.710. The van der Waals surface area contributed by atoms with Gasteiger partial charge >= 0.3 is 5.97 Å². The van der Waals surface area contributed by atoms with Crippen LogP contribution < -0.4 is 10.6 Å². The van der Waals surface area contributed by atoms with Crippen molar-refractivity contribution in [3.05, 3.63) is 71.6 Å². The van der Waals surface area contributed by atoms with Crippen molar-refractivity contribution in [1.29, 1.82) is 0 Å². The molecule has 1 aromatic carbocycles. The summed E-state index contributed by atoms with van der Waals surface area (Å²) >= 11 is 0. The van der Waals surface area contributed by atoms with E-state index >= 15 is 0 Å². The number of carbonyl (C=O) groups is 2. The van der Waals surface area contributed by atoms with E-state index in [2.05, 4.69) is 27.8 Å². The standard InChI is InChI=1S/C21H21N3O3/c25-19(26)9-11-23-21(27)13-7-8-17-16(12-13)14-4-3-5-15(14)20(24-17)18-6-1-2-10-22-18/h1-4,6-8,10,12,14-15,20,24H,5,9,11H2,(H,23,27)(H,25,26)/t14-,15+,20-/m0/s1. The molecule has 138 valence electrons. The fraction of sp³-hybridized carbons (Fsp3) is 0.286. The van der Waals surface area contributed by atoms with Gasteiger partial charge in [0.05, 0.1) is 18.2 Å². The number of carboxylic acids is 1. The predicted molar refractivity (Wildman–Crippen MR) is 102 cm³/mol.